The molecule has 0 saturated heterocycles. The highest BCUT2D eigenvalue weighted by molar-refractivity contribution is 8.00. The molecule has 3 aliphatic rings. The van der Waals surface area contributed by atoms with Crippen LogP contribution in [0.5, 0.6) is 11.5 Å². The molecule has 0 radical (unpaired) electrons. The highest BCUT2D eigenvalue weighted by Crippen LogP contribution is 2.62. The van der Waals surface area contributed by atoms with Gasteiger partial charge in [0.15, 0.2) is 0 Å². The molecule has 10 heteroatoms. The average Bonchev–Trinajstić information content (AvgIpc) is 3.29. The van der Waals surface area contributed by atoms with Crippen LogP contribution in [-0.4, -0.2) is 65.2 Å². The van der Waals surface area contributed by atoms with Crippen LogP contribution in [0.15, 0.2) is 78.0 Å². The van der Waals surface area contributed by atoms with E-state index in [0.717, 1.165) is 72.4 Å². The number of thioether (sulfide) groups is 1. The molecule has 3 N–H and O–H groups in total. The topological polar surface area (TPSA) is 119 Å². The van der Waals surface area contributed by atoms with E-state index in [1.54, 1.807) is 0 Å². The molecule has 1 heterocycles. The molecule has 9 nitrogen and oxygen atoms in total. The van der Waals surface area contributed by atoms with E-state index in [1.165, 1.54) is 83.5 Å². The normalized spacial score (nSPS) is 23.0. The first-order valence-electron chi connectivity index (χ1n) is 24.8. The van der Waals surface area contributed by atoms with Crippen molar-refractivity contribution in [2.24, 2.45) is 22.9 Å². The summed E-state index contributed by atoms with van der Waals surface area (Å²) in [4.78, 5) is 19.0. The maximum Gasteiger partial charge on any atom is 0.412 e. The predicted octanol–water partition coefficient (Wildman–Crippen LogP) is 12.8. The second kappa shape index (κ2) is 28.6. The molecule has 2 aromatic rings. The van der Waals surface area contributed by atoms with E-state index in [9.17, 15) is 15.0 Å². The lowest BCUT2D eigenvalue weighted by atomic mass is 9.56. The fourth-order valence-corrected chi connectivity index (χ4v) is 11.5. The van der Waals surface area contributed by atoms with Crippen LogP contribution in [0.3, 0.4) is 0 Å². The van der Waals surface area contributed by atoms with Gasteiger partial charge in [0.2, 0.25) is 5.79 Å². The SMILES string of the molecule is C=CCO[C@@]12Oc3ccc(OC(=O)NCC)cc3[C@H]3[C@H](CCCCO)[C@@H](CCCCO)C=C(C(=NOCc4ccccc4)C[C@@H]1SCCCCCCCCCCCCCCCC)[C@H]32. The Morgan fingerprint density at radius 2 is 1.54 bits per heavy atom. The molecule has 2 aliphatic carbocycles. The molecule has 350 valence electrons. The number of carbonyl (C=O) groups is 1. The van der Waals surface area contributed by atoms with E-state index in [2.05, 4.69) is 37.0 Å². The standard InChI is InChI=1S/C53H80N2O7S/c1-4-7-8-9-10-11-12-13-14-15-16-17-18-26-36-63-49-39-47(55-60-40-41-27-20-19-21-28-41)45-37-42(29-22-24-33-56)44(30-23-25-34-57)50-46-38-43(61-52(58)54-6-3)31-32-48(46)62-53(49,51(45)50)59-35-5-2/h5,19-21,27-28,31-32,37-38,42,44,49-51,56-57H,2,4,6-18,22-26,29-30,33-36,39-40H2,1,3H3,(H,54,58)/t42-,44+,49-,50+,51+,53+/m0/s1. The van der Waals surface area contributed by atoms with Crippen LogP contribution in [0.2, 0.25) is 0 Å². The summed E-state index contributed by atoms with van der Waals surface area (Å²) in [5, 5.41) is 27.5. The highest BCUT2D eigenvalue weighted by Gasteiger charge is 2.64. The molecule has 0 unspecified atom stereocenters. The summed E-state index contributed by atoms with van der Waals surface area (Å²) in [6, 6.07) is 15.9. The molecule has 1 amide bonds. The Morgan fingerprint density at radius 3 is 2.19 bits per heavy atom. The summed E-state index contributed by atoms with van der Waals surface area (Å²) >= 11 is 1.93. The second-order valence-electron chi connectivity index (χ2n) is 17.9. The Labute approximate surface area is 384 Å². The number of aliphatic hydroxyl groups excluding tert-OH is 2. The summed E-state index contributed by atoms with van der Waals surface area (Å²) in [7, 11) is 0. The fraction of sp³-hybridized carbons (Fsp3) is 0.660. The van der Waals surface area contributed by atoms with Gasteiger partial charge in [-0.1, -0.05) is 151 Å². The van der Waals surface area contributed by atoms with Gasteiger partial charge in [-0.25, -0.2) is 4.79 Å². The van der Waals surface area contributed by atoms with E-state index < -0.39 is 11.9 Å². The molecule has 5 rings (SSSR count). The average molecular weight is 889 g/mol. The van der Waals surface area contributed by atoms with Crippen LogP contribution in [0.25, 0.3) is 0 Å². The van der Waals surface area contributed by atoms with E-state index in [-0.39, 0.29) is 42.1 Å². The van der Waals surface area contributed by atoms with Gasteiger partial charge in [0.25, 0.3) is 0 Å². The van der Waals surface area contributed by atoms with Crippen molar-refractivity contribution >= 4 is 23.6 Å². The number of hydrogen-bond acceptors (Lipinski definition) is 9. The van der Waals surface area contributed by atoms with Crippen LogP contribution in [0.1, 0.15) is 166 Å². The maximum atomic E-state index is 12.7. The van der Waals surface area contributed by atoms with Crippen LogP contribution >= 0.6 is 11.8 Å². The molecule has 63 heavy (non-hydrogen) atoms. The van der Waals surface area contributed by atoms with Crippen LogP contribution in [0.4, 0.5) is 4.79 Å². The van der Waals surface area contributed by atoms with Crippen molar-refractivity contribution in [3.63, 3.8) is 0 Å². The molecule has 1 saturated carbocycles. The van der Waals surface area contributed by atoms with Crippen molar-refractivity contribution in [1.29, 1.82) is 0 Å². The van der Waals surface area contributed by atoms with Crippen LogP contribution in [0, 0.1) is 17.8 Å². The van der Waals surface area contributed by atoms with Crippen molar-refractivity contribution in [2.45, 2.75) is 172 Å². The zero-order valence-electron chi connectivity index (χ0n) is 38.8. The Morgan fingerprint density at radius 1 is 0.873 bits per heavy atom. The van der Waals surface area contributed by atoms with Gasteiger partial charge in [-0.05, 0) is 86.0 Å². The molecular formula is C53H80N2O7S. The first kappa shape index (κ1) is 50.7. The number of benzene rings is 2. The van der Waals surface area contributed by atoms with E-state index >= 15 is 0 Å². The number of rotatable bonds is 32. The third kappa shape index (κ3) is 15.1. The lowest BCUT2D eigenvalue weighted by Crippen LogP contribution is -2.64. The third-order valence-electron chi connectivity index (χ3n) is 13.2. The van der Waals surface area contributed by atoms with Crippen LogP contribution in [-0.2, 0) is 16.2 Å². The second-order valence-corrected chi connectivity index (χ2v) is 19.2. The molecular weight excluding hydrogens is 809 g/mol. The van der Waals surface area contributed by atoms with Crippen LogP contribution < -0.4 is 14.8 Å². The minimum absolute atomic E-state index is 0.0713. The molecule has 2 aromatic carbocycles. The van der Waals surface area contributed by atoms with Gasteiger partial charge in [-0.2, -0.15) is 11.8 Å². The van der Waals surface area contributed by atoms with Gasteiger partial charge >= 0.3 is 6.09 Å². The van der Waals surface area contributed by atoms with Crippen molar-refractivity contribution in [2.75, 3.05) is 32.1 Å². The molecule has 0 bridgehead atoms. The summed E-state index contributed by atoms with van der Waals surface area (Å²) in [6.45, 7) is 9.68. The Kier molecular flexibility index (Phi) is 23.0. The number of carbonyl (C=O) groups excluding carboxylic acids is 1. The van der Waals surface area contributed by atoms with Gasteiger partial charge in [0, 0.05) is 37.7 Å². The van der Waals surface area contributed by atoms with Crippen molar-refractivity contribution < 1.29 is 34.1 Å². The highest BCUT2D eigenvalue weighted by atomic mass is 32.2. The fourth-order valence-electron chi connectivity index (χ4n) is 10.1. The summed E-state index contributed by atoms with van der Waals surface area (Å²) in [5.74, 6) is 1.19. The summed E-state index contributed by atoms with van der Waals surface area (Å²) in [6.07, 6.45) is 28.0. The Balaban J connectivity index is 1.43. The summed E-state index contributed by atoms with van der Waals surface area (Å²) < 4.78 is 20.3. The number of amides is 1. The first-order valence-corrected chi connectivity index (χ1v) is 25.9. The third-order valence-corrected chi connectivity index (χ3v) is 14.6. The lowest BCUT2D eigenvalue weighted by Gasteiger charge is -2.58. The molecule has 0 spiro atoms. The largest absolute Gasteiger partial charge is 0.460 e. The molecule has 6 atom stereocenters. The Bertz CT molecular complexity index is 1690. The van der Waals surface area contributed by atoms with Gasteiger partial charge in [0.1, 0.15) is 18.1 Å². The number of unbranched alkanes of at least 4 members (excludes halogenated alkanes) is 15. The molecule has 0 aromatic heterocycles. The van der Waals surface area contributed by atoms with Gasteiger partial charge in [-0.15, -0.1) is 6.58 Å². The van der Waals surface area contributed by atoms with E-state index in [1.807, 2.05) is 61.2 Å². The number of hydrogen-bond donors (Lipinski definition) is 3. The van der Waals surface area contributed by atoms with Crippen molar-refractivity contribution in [1.82, 2.24) is 5.32 Å². The smallest absolute Gasteiger partial charge is 0.412 e. The lowest BCUT2D eigenvalue weighted by molar-refractivity contribution is -0.223. The van der Waals surface area contributed by atoms with Gasteiger partial charge < -0.3 is 34.6 Å². The van der Waals surface area contributed by atoms with E-state index in [0.29, 0.717) is 38.3 Å². The zero-order valence-corrected chi connectivity index (χ0v) is 39.6. The van der Waals surface area contributed by atoms with E-state index in [4.69, 9.17) is 24.2 Å². The minimum Gasteiger partial charge on any atom is -0.460 e. The number of ether oxygens (including phenoxy) is 3. The van der Waals surface area contributed by atoms with Crippen molar-refractivity contribution in [3.8, 4) is 11.5 Å². The molecule has 1 aliphatic heterocycles. The maximum absolute atomic E-state index is 12.7. The van der Waals surface area contributed by atoms with Gasteiger partial charge in [0.05, 0.1) is 23.5 Å². The number of fused-ring (bicyclic) bond motifs is 2. The predicted molar refractivity (Wildman–Crippen MR) is 259 cm³/mol. The number of nitrogens with one attached hydrogen (secondary N) is 1. The van der Waals surface area contributed by atoms with Gasteiger partial charge in [-0.3, -0.25) is 0 Å². The Hall–Kier alpha value is -3.31. The number of allylic oxidation sites excluding steroid dienone is 1. The summed E-state index contributed by atoms with van der Waals surface area (Å²) in [5.41, 5.74) is 4.08. The molecule has 1 fully saturated rings. The number of nitrogens with zero attached hydrogens (tertiary/aromatic N) is 1. The quantitative estimate of drug-likeness (QED) is 0.0378. The zero-order chi connectivity index (χ0) is 44.5. The number of aliphatic hydroxyl groups is 2. The van der Waals surface area contributed by atoms with Crippen molar-refractivity contribution in [3.05, 3.63) is 84.0 Å². The number of oxime groups is 1. The minimum atomic E-state index is -1.02. The first-order chi connectivity index (χ1) is 31.0. The monoisotopic (exact) mass is 889 g/mol.